The number of anilines is 4. The number of unbranched alkanes of at least 4 members (excludes halogenated alkanes) is 3. The molecular weight excluding hydrogens is 658 g/mol. The Kier molecular flexibility index (Phi) is 16.2. The van der Waals surface area contributed by atoms with E-state index < -0.39 is 5.60 Å². The van der Waals surface area contributed by atoms with Crippen LogP contribution in [0.25, 0.3) is 11.1 Å². The van der Waals surface area contributed by atoms with Gasteiger partial charge in [-0.1, -0.05) is 30.7 Å². The van der Waals surface area contributed by atoms with Gasteiger partial charge in [0, 0.05) is 63.5 Å². The van der Waals surface area contributed by atoms with Crippen molar-refractivity contribution >= 4 is 47.1 Å². The second-order valence-electron chi connectivity index (χ2n) is 13.2. The van der Waals surface area contributed by atoms with Crippen LogP contribution < -0.4 is 21.3 Å². The van der Waals surface area contributed by atoms with Gasteiger partial charge < -0.3 is 35.7 Å². The maximum absolute atomic E-state index is 12.5. The van der Waals surface area contributed by atoms with Gasteiger partial charge in [-0.2, -0.15) is 0 Å². The number of carbonyl (C=O) groups is 4. The van der Waals surface area contributed by atoms with Crippen molar-refractivity contribution in [1.82, 2.24) is 20.2 Å². The number of carbonyl (C=O) groups excluding carboxylic acids is 4. The summed E-state index contributed by atoms with van der Waals surface area (Å²) in [6.45, 7) is 6.09. The number of pyridine rings is 2. The Balaban J connectivity index is 0.000000411. The second kappa shape index (κ2) is 20.8. The van der Waals surface area contributed by atoms with Gasteiger partial charge in [0.1, 0.15) is 17.7 Å². The minimum absolute atomic E-state index is 0.0319. The third-order valence-electron chi connectivity index (χ3n) is 7.45. The molecule has 0 aliphatic carbocycles. The highest BCUT2D eigenvalue weighted by Gasteiger charge is 2.15. The van der Waals surface area contributed by atoms with Crippen LogP contribution in [0, 0.1) is 0 Å². The third kappa shape index (κ3) is 15.0. The molecule has 0 bridgehead atoms. The first kappa shape index (κ1) is 40.6. The lowest BCUT2D eigenvalue weighted by Crippen LogP contribution is -2.32. The van der Waals surface area contributed by atoms with E-state index in [4.69, 9.17) is 4.74 Å². The van der Waals surface area contributed by atoms with Crippen LogP contribution in [0.3, 0.4) is 0 Å². The Bertz CT molecular complexity index is 1740. The Morgan fingerprint density at radius 3 is 2.23 bits per heavy atom. The van der Waals surface area contributed by atoms with E-state index >= 15 is 0 Å². The van der Waals surface area contributed by atoms with Crippen LogP contribution in [0.2, 0.25) is 0 Å². The molecule has 4 aromatic rings. The van der Waals surface area contributed by atoms with Crippen LogP contribution in [0.5, 0.6) is 0 Å². The molecule has 0 fully saturated rings. The van der Waals surface area contributed by atoms with Crippen molar-refractivity contribution in [1.29, 1.82) is 0 Å². The van der Waals surface area contributed by atoms with Crippen LogP contribution in [0.15, 0.2) is 85.3 Å². The topological polar surface area (TPSA) is 155 Å². The van der Waals surface area contributed by atoms with Crippen molar-refractivity contribution in [3.63, 3.8) is 0 Å². The number of aromatic nitrogens is 2. The van der Waals surface area contributed by atoms with Gasteiger partial charge in [-0.15, -0.1) is 0 Å². The first-order valence-electron chi connectivity index (χ1n) is 17.3. The average molecular weight is 710 g/mol. The number of ether oxygens (including phenoxy) is 1. The molecule has 2 aromatic carbocycles. The van der Waals surface area contributed by atoms with E-state index in [0.29, 0.717) is 48.6 Å². The Morgan fingerprint density at radius 1 is 0.846 bits per heavy atom. The molecule has 12 heteroatoms. The zero-order chi connectivity index (χ0) is 37.9. The predicted molar refractivity (Wildman–Crippen MR) is 207 cm³/mol. The summed E-state index contributed by atoms with van der Waals surface area (Å²) in [6.07, 6.45) is 9.96. The molecule has 0 saturated carbocycles. The first-order chi connectivity index (χ1) is 24.9. The van der Waals surface area contributed by atoms with Crippen molar-refractivity contribution in [2.75, 3.05) is 43.6 Å². The van der Waals surface area contributed by atoms with Gasteiger partial charge in [0.15, 0.2) is 0 Å². The zero-order valence-electron chi connectivity index (χ0n) is 31.0. The monoisotopic (exact) mass is 709 g/mol. The number of nitrogens with one attached hydrogen (secondary N) is 4. The summed E-state index contributed by atoms with van der Waals surface area (Å²) < 4.78 is 5.06. The number of alkyl carbamates (subject to hydrolysis) is 1. The summed E-state index contributed by atoms with van der Waals surface area (Å²) in [5.41, 5.74) is 5.56. The third-order valence-corrected chi connectivity index (χ3v) is 7.45. The number of rotatable bonds is 15. The molecule has 4 rings (SSSR count). The lowest BCUT2D eigenvalue weighted by atomic mass is 10.1. The van der Waals surface area contributed by atoms with Crippen LogP contribution in [-0.4, -0.2) is 72.4 Å². The SMILES string of the molecule is CC(C)(C)OC(=O)NCCCCCC=O.CNc1cccc(CCC(=O)Nc2cncc(Nc3ccc(-c4ccc(C(=O)N(C)C)cc4)cn3)c2)c1. The normalized spacial score (nSPS) is 10.6. The maximum Gasteiger partial charge on any atom is 0.407 e. The molecule has 2 aromatic heterocycles. The van der Waals surface area contributed by atoms with Gasteiger partial charge >= 0.3 is 6.09 Å². The molecule has 2 heterocycles. The quantitative estimate of drug-likeness (QED) is 0.0727. The molecule has 0 radical (unpaired) electrons. The van der Waals surface area contributed by atoms with Crippen molar-refractivity contribution in [2.24, 2.45) is 0 Å². The molecular formula is C40H51N7O5. The van der Waals surface area contributed by atoms with E-state index in [1.165, 1.54) is 0 Å². The minimum Gasteiger partial charge on any atom is -0.444 e. The van der Waals surface area contributed by atoms with Crippen molar-refractivity contribution in [3.05, 3.63) is 96.4 Å². The number of hydrogen-bond donors (Lipinski definition) is 4. The number of hydrogen-bond acceptors (Lipinski definition) is 9. The van der Waals surface area contributed by atoms with E-state index in [1.54, 1.807) is 37.6 Å². The number of nitrogens with zero attached hydrogens (tertiary/aromatic N) is 3. The fourth-order valence-corrected chi connectivity index (χ4v) is 4.82. The largest absolute Gasteiger partial charge is 0.444 e. The zero-order valence-corrected chi connectivity index (χ0v) is 31.0. The Labute approximate surface area is 306 Å². The van der Waals surface area contributed by atoms with Crippen molar-refractivity contribution in [2.45, 2.75) is 64.9 Å². The van der Waals surface area contributed by atoms with Crippen LogP contribution in [0.1, 0.15) is 68.8 Å². The number of benzene rings is 2. The summed E-state index contributed by atoms with van der Waals surface area (Å²) in [6, 6.07) is 21.1. The molecule has 0 aliphatic rings. The maximum atomic E-state index is 12.5. The lowest BCUT2D eigenvalue weighted by molar-refractivity contribution is -0.116. The number of amides is 3. The summed E-state index contributed by atoms with van der Waals surface area (Å²) in [5, 5.41) is 11.9. The molecule has 0 atom stereocenters. The second-order valence-corrected chi connectivity index (χ2v) is 13.2. The summed E-state index contributed by atoms with van der Waals surface area (Å²) in [7, 11) is 5.34. The molecule has 0 saturated heterocycles. The van der Waals surface area contributed by atoms with E-state index in [1.807, 2.05) is 94.5 Å². The van der Waals surface area contributed by atoms with Crippen molar-refractivity contribution < 1.29 is 23.9 Å². The van der Waals surface area contributed by atoms with Gasteiger partial charge in [0.25, 0.3) is 5.91 Å². The summed E-state index contributed by atoms with van der Waals surface area (Å²) in [4.78, 5) is 56.0. The smallest absolute Gasteiger partial charge is 0.407 e. The molecule has 3 amide bonds. The minimum atomic E-state index is -0.443. The Hall–Kier alpha value is -5.78. The molecule has 52 heavy (non-hydrogen) atoms. The van der Waals surface area contributed by atoms with Crippen LogP contribution in [-0.2, 0) is 20.7 Å². The number of aryl methyl sites for hydroxylation is 1. The van der Waals surface area contributed by atoms with E-state index in [2.05, 4.69) is 31.2 Å². The van der Waals surface area contributed by atoms with Crippen LogP contribution >= 0.6 is 0 Å². The molecule has 276 valence electrons. The molecule has 12 nitrogen and oxygen atoms in total. The van der Waals surface area contributed by atoms with Crippen LogP contribution in [0.4, 0.5) is 27.7 Å². The van der Waals surface area contributed by atoms with E-state index in [-0.39, 0.29) is 17.9 Å². The summed E-state index contributed by atoms with van der Waals surface area (Å²) >= 11 is 0. The lowest BCUT2D eigenvalue weighted by Gasteiger charge is -2.19. The highest BCUT2D eigenvalue weighted by atomic mass is 16.6. The fourth-order valence-electron chi connectivity index (χ4n) is 4.82. The predicted octanol–water partition coefficient (Wildman–Crippen LogP) is 7.47. The average Bonchev–Trinajstić information content (AvgIpc) is 3.12. The molecule has 4 N–H and O–H groups in total. The fraction of sp³-hybridized carbons (Fsp3) is 0.350. The number of aldehydes is 1. The molecule has 0 aliphatic heterocycles. The highest BCUT2D eigenvalue weighted by molar-refractivity contribution is 5.94. The van der Waals surface area contributed by atoms with E-state index in [0.717, 1.165) is 47.9 Å². The Morgan fingerprint density at radius 2 is 1.58 bits per heavy atom. The van der Waals surface area contributed by atoms with Gasteiger partial charge in [-0.3, -0.25) is 14.6 Å². The molecule has 0 unspecified atom stereocenters. The van der Waals surface area contributed by atoms with Gasteiger partial charge in [-0.25, -0.2) is 9.78 Å². The molecule has 0 spiro atoms. The van der Waals surface area contributed by atoms with E-state index in [9.17, 15) is 19.2 Å². The first-order valence-corrected chi connectivity index (χ1v) is 17.3. The highest BCUT2D eigenvalue weighted by Crippen LogP contribution is 2.23. The van der Waals surface area contributed by atoms with Gasteiger partial charge in [0.05, 0.1) is 23.8 Å². The summed E-state index contributed by atoms with van der Waals surface area (Å²) in [5.74, 6) is 0.544. The van der Waals surface area contributed by atoms with Crippen molar-refractivity contribution in [3.8, 4) is 11.1 Å². The van der Waals surface area contributed by atoms with Gasteiger partial charge in [0.2, 0.25) is 5.91 Å². The van der Waals surface area contributed by atoms with Gasteiger partial charge in [-0.05, 0) is 93.6 Å². The standard InChI is InChI=1S/C29H30N6O2.C11H21NO3/c1-30-24-6-4-5-20(15-24)7-14-28(36)34-26-16-25(18-31-19-26)33-27-13-12-23(17-32-27)21-8-10-22(11-9-21)29(37)35(2)3;1-11(2,3)15-10(14)12-8-6-4-5-7-9-13/h4-6,8-13,15-19,30H,7,14H2,1-3H3,(H,32,33)(H,34,36);9H,4-8H2,1-3H3,(H,12,14).